The summed E-state index contributed by atoms with van der Waals surface area (Å²) < 4.78 is 10.5. The van der Waals surface area contributed by atoms with E-state index in [-0.39, 0.29) is 34.6 Å². The number of methoxy groups -OCH3 is 1. The van der Waals surface area contributed by atoms with Crippen molar-refractivity contribution in [1.82, 2.24) is 4.90 Å². The van der Waals surface area contributed by atoms with Crippen LogP contribution in [0.5, 0.6) is 5.75 Å². The van der Waals surface area contributed by atoms with Crippen molar-refractivity contribution < 1.29 is 28.7 Å². The Hall–Kier alpha value is -4.26. The number of carbonyl (C=O) groups excluding carboxylic acids is 4. The number of para-hydroxylation sites is 1. The Morgan fingerprint density at radius 3 is 2.18 bits per heavy atom. The molecule has 0 fully saturated rings. The predicted molar refractivity (Wildman–Crippen MR) is 119 cm³/mol. The van der Waals surface area contributed by atoms with E-state index in [4.69, 9.17) is 9.47 Å². The lowest BCUT2D eigenvalue weighted by atomic mass is 9.82. The second-order valence-electron chi connectivity index (χ2n) is 7.57. The van der Waals surface area contributed by atoms with E-state index in [2.05, 4.69) is 0 Å². The molecule has 4 rings (SSSR count). The maximum absolute atomic E-state index is 13.0. The molecule has 0 radical (unpaired) electrons. The highest BCUT2D eigenvalue weighted by atomic mass is 16.5. The largest absolute Gasteiger partial charge is 0.496 e. The third-order valence-corrected chi connectivity index (χ3v) is 5.52. The molecule has 7 heteroatoms. The maximum Gasteiger partial charge on any atom is 0.339 e. The fourth-order valence-electron chi connectivity index (χ4n) is 3.81. The summed E-state index contributed by atoms with van der Waals surface area (Å²) in [5.41, 5.74) is 1.45. The standard InChI is InChI=1S/C26H21NO6/c1-27(14-16-8-3-6-13-21(16)32-2)22(28)15-33-26(31)20-12-7-11-19-23(20)25(30)18-10-5-4-9-17(18)24(19)29/h3-13H,14-15H2,1-2H3. The zero-order valence-electron chi connectivity index (χ0n) is 18.2. The van der Waals surface area contributed by atoms with Crippen molar-refractivity contribution >= 4 is 23.4 Å². The first-order valence-electron chi connectivity index (χ1n) is 10.3. The van der Waals surface area contributed by atoms with E-state index in [1.54, 1.807) is 44.5 Å². The van der Waals surface area contributed by atoms with Crippen LogP contribution in [-0.2, 0) is 16.1 Å². The first kappa shape index (κ1) is 22.0. The number of nitrogens with zero attached hydrogens (tertiary/aromatic N) is 1. The van der Waals surface area contributed by atoms with Crippen molar-refractivity contribution in [3.05, 3.63) is 100 Å². The first-order valence-corrected chi connectivity index (χ1v) is 10.3. The minimum Gasteiger partial charge on any atom is -0.496 e. The number of carbonyl (C=O) groups is 4. The molecular weight excluding hydrogens is 422 g/mol. The molecule has 0 aromatic heterocycles. The number of amides is 1. The highest BCUT2D eigenvalue weighted by Crippen LogP contribution is 2.29. The molecule has 0 unspecified atom stereocenters. The van der Waals surface area contributed by atoms with Gasteiger partial charge >= 0.3 is 5.97 Å². The number of likely N-dealkylation sites (N-methyl/N-ethyl adjacent to an activating group) is 1. The van der Waals surface area contributed by atoms with Crippen LogP contribution in [0.4, 0.5) is 0 Å². The number of rotatable bonds is 6. The average Bonchev–Trinajstić information content (AvgIpc) is 2.85. The van der Waals surface area contributed by atoms with Crippen LogP contribution in [0.15, 0.2) is 66.7 Å². The summed E-state index contributed by atoms with van der Waals surface area (Å²) in [5.74, 6) is -1.37. The second kappa shape index (κ2) is 9.08. The van der Waals surface area contributed by atoms with Gasteiger partial charge < -0.3 is 14.4 Å². The van der Waals surface area contributed by atoms with E-state index in [1.165, 1.54) is 23.1 Å². The highest BCUT2D eigenvalue weighted by molar-refractivity contribution is 6.30. The van der Waals surface area contributed by atoms with Crippen LogP contribution in [0.1, 0.15) is 47.8 Å². The van der Waals surface area contributed by atoms with Gasteiger partial charge in [0.05, 0.1) is 12.7 Å². The molecule has 0 aliphatic heterocycles. The van der Waals surface area contributed by atoms with Crippen molar-refractivity contribution in [3.63, 3.8) is 0 Å². The van der Waals surface area contributed by atoms with Crippen molar-refractivity contribution in [2.45, 2.75) is 6.54 Å². The van der Waals surface area contributed by atoms with Gasteiger partial charge in [0.15, 0.2) is 18.2 Å². The van der Waals surface area contributed by atoms with E-state index < -0.39 is 24.3 Å². The molecular formula is C26H21NO6. The Labute approximate surface area is 190 Å². The second-order valence-corrected chi connectivity index (χ2v) is 7.57. The van der Waals surface area contributed by atoms with Crippen LogP contribution in [0, 0.1) is 0 Å². The van der Waals surface area contributed by atoms with Gasteiger partial charge in [-0.05, 0) is 12.1 Å². The van der Waals surface area contributed by atoms with E-state index in [9.17, 15) is 19.2 Å². The number of hydrogen-bond donors (Lipinski definition) is 0. The van der Waals surface area contributed by atoms with Gasteiger partial charge in [-0.3, -0.25) is 14.4 Å². The maximum atomic E-state index is 13.0. The van der Waals surface area contributed by atoms with Gasteiger partial charge in [0.2, 0.25) is 0 Å². The summed E-state index contributed by atoms with van der Waals surface area (Å²) in [6, 6.07) is 18.2. The van der Waals surface area contributed by atoms with Crippen LogP contribution in [0.2, 0.25) is 0 Å². The molecule has 1 aliphatic rings. The quantitative estimate of drug-likeness (QED) is 0.425. The Morgan fingerprint density at radius 2 is 1.45 bits per heavy atom. The normalized spacial score (nSPS) is 11.9. The molecule has 1 amide bonds. The van der Waals surface area contributed by atoms with Crippen LogP contribution >= 0.6 is 0 Å². The number of fused-ring (bicyclic) bond motifs is 2. The molecule has 0 bridgehead atoms. The summed E-state index contributed by atoms with van der Waals surface area (Å²) >= 11 is 0. The Balaban J connectivity index is 1.49. The SMILES string of the molecule is COc1ccccc1CN(C)C(=O)COC(=O)c1cccc2c1C(=O)c1ccccc1C2=O. The van der Waals surface area contributed by atoms with Crippen LogP contribution in [-0.4, -0.2) is 49.1 Å². The summed E-state index contributed by atoms with van der Waals surface area (Å²) in [6.07, 6.45) is 0. The van der Waals surface area contributed by atoms with Gasteiger partial charge in [0.25, 0.3) is 5.91 Å². The molecule has 0 saturated heterocycles. The third kappa shape index (κ3) is 4.13. The Kier molecular flexibility index (Phi) is 6.04. The minimum absolute atomic E-state index is 0.000950. The van der Waals surface area contributed by atoms with E-state index in [1.807, 2.05) is 18.2 Å². The van der Waals surface area contributed by atoms with Crippen LogP contribution in [0.3, 0.4) is 0 Å². The molecule has 0 saturated carbocycles. The van der Waals surface area contributed by atoms with Gasteiger partial charge in [-0.1, -0.05) is 54.6 Å². The molecule has 0 spiro atoms. The minimum atomic E-state index is -0.841. The van der Waals surface area contributed by atoms with Crippen LogP contribution < -0.4 is 4.74 Å². The van der Waals surface area contributed by atoms with Gasteiger partial charge in [-0.15, -0.1) is 0 Å². The molecule has 7 nitrogen and oxygen atoms in total. The number of esters is 1. The summed E-state index contributed by atoms with van der Waals surface area (Å²) in [4.78, 5) is 52.6. The molecule has 166 valence electrons. The Bertz CT molecular complexity index is 1280. The van der Waals surface area contributed by atoms with Crippen molar-refractivity contribution in [2.24, 2.45) is 0 Å². The lowest BCUT2D eigenvalue weighted by molar-refractivity contribution is -0.133. The molecule has 1 aliphatic carbocycles. The monoisotopic (exact) mass is 443 g/mol. The number of ketones is 2. The summed E-state index contributed by atoms with van der Waals surface area (Å²) in [7, 11) is 3.14. The van der Waals surface area contributed by atoms with E-state index in [0.29, 0.717) is 11.3 Å². The fourth-order valence-corrected chi connectivity index (χ4v) is 3.81. The lowest BCUT2D eigenvalue weighted by Gasteiger charge is -2.20. The zero-order chi connectivity index (χ0) is 23.5. The number of ether oxygens (including phenoxy) is 2. The number of benzene rings is 3. The average molecular weight is 443 g/mol. The van der Waals surface area contributed by atoms with Gasteiger partial charge in [0, 0.05) is 41.4 Å². The van der Waals surface area contributed by atoms with Crippen molar-refractivity contribution in [2.75, 3.05) is 20.8 Å². The van der Waals surface area contributed by atoms with Crippen molar-refractivity contribution in [1.29, 1.82) is 0 Å². The first-order chi connectivity index (χ1) is 15.9. The van der Waals surface area contributed by atoms with Gasteiger partial charge in [-0.2, -0.15) is 0 Å². The Morgan fingerprint density at radius 1 is 0.818 bits per heavy atom. The van der Waals surface area contributed by atoms with Crippen molar-refractivity contribution in [3.8, 4) is 5.75 Å². The molecule has 0 heterocycles. The predicted octanol–water partition coefficient (Wildman–Crippen LogP) is 3.29. The smallest absolute Gasteiger partial charge is 0.339 e. The highest BCUT2D eigenvalue weighted by Gasteiger charge is 2.33. The zero-order valence-corrected chi connectivity index (χ0v) is 18.2. The number of hydrogen-bond acceptors (Lipinski definition) is 6. The molecule has 0 N–H and O–H groups in total. The van der Waals surface area contributed by atoms with Gasteiger partial charge in [-0.25, -0.2) is 4.79 Å². The molecule has 0 atom stereocenters. The molecule has 3 aromatic carbocycles. The molecule has 3 aromatic rings. The fraction of sp³-hybridized carbons (Fsp3) is 0.154. The van der Waals surface area contributed by atoms with Gasteiger partial charge in [0.1, 0.15) is 5.75 Å². The van der Waals surface area contributed by atoms with E-state index >= 15 is 0 Å². The lowest BCUT2D eigenvalue weighted by Crippen LogP contribution is -2.31. The van der Waals surface area contributed by atoms with E-state index in [0.717, 1.165) is 5.56 Å². The third-order valence-electron chi connectivity index (χ3n) is 5.52. The van der Waals surface area contributed by atoms with Crippen LogP contribution in [0.25, 0.3) is 0 Å². The molecule has 33 heavy (non-hydrogen) atoms. The summed E-state index contributed by atoms with van der Waals surface area (Å²) in [5, 5.41) is 0. The topological polar surface area (TPSA) is 90.0 Å². The summed E-state index contributed by atoms with van der Waals surface area (Å²) in [6.45, 7) is -0.238.